The highest BCUT2D eigenvalue weighted by molar-refractivity contribution is 6.30. The summed E-state index contributed by atoms with van der Waals surface area (Å²) in [5, 5.41) is 5.37. The number of hydrogen-bond donors (Lipinski definition) is 0. The number of halogens is 2. The van der Waals surface area contributed by atoms with E-state index in [9.17, 15) is 9.18 Å². The lowest BCUT2D eigenvalue weighted by Crippen LogP contribution is -2.18. The van der Waals surface area contributed by atoms with Crippen LogP contribution in [0.25, 0.3) is 10.9 Å². The SMILES string of the molecule is CCC(c1ccc(F)c(Cl)c1)c1c2ccn(CC)c(=O)c2nn1C. The number of rotatable bonds is 4. The Hall–Kier alpha value is -2.14. The van der Waals surface area contributed by atoms with Crippen molar-refractivity contribution in [2.45, 2.75) is 32.7 Å². The van der Waals surface area contributed by atoms with Gasteiger partial charge in [-0.25, -0.2) is 4.39 Å². The molecule has 0 spiro atoms. The Balaban J connectivity index is 2.23. The molecule has 1 unspecified atom stereocenters. The molecule has 0 aliphatic heterocycles. The molecule has 0 saturated carbocycles. The van der Waals surface area contributed by atoms with E-state index in [1.165, 1.54) is 6.07 Å². The summed E-state index contributed by atoms with van der Waals surface area (Å²) >= 11 is 5.95. The number of benzene rings is 1. The number of nitrogens with zero attached hydrogens (tertiary/aromatic N) is 3. The summed E-state index contributed by atoms with van der Waals surface area (Å²) in [6, 6.07) is 6.69. The normalized spacial score (nSPS) is 12.7. The van der Waals surface area contributed by atoms with E-state index in [1.54, 1.807) is 27.6 Å². The zero-order valence-electron chi connectivity index (χ0n) is 13.9. The average molecular weight is 348 g/mol. The highest BCUT2D eigenvalue weighted by atomic mass is 35.5. The Morgan fingerprint density at radius 2 is 2.04 bits per heavy atom. The molecule has 6 heteroatoms. The minimum atomic E-state index is -0.434. The molecule has 0 radical (unpaired) electrons. The van der Waals surface area contributed by atoms with Gasteiger partial charge in [-0.15, -0.1) is 0 Å². The monoisotopic (exact) mass is 347 g/mol. The van der Waals surface area contributed by atoms with Crippen molar-refractivity contribution in [3.05, 3.63) is 62.9 Å². The van der Waals surface area contributed by atoms with Crippen molar-refractivity contribution in [3.8, 4) is 0 Å². The summed E-state index contributed by atoms with van der Waals surface area (Å²) in [4.78, 5) is 12.5. The maximum atomic E-state index is 13.5. The summed E-state index contributed by atoms with van der Waals surface area (Å²) in [5.41, 5.74) is 2.22. The number of fused-ring (bicyclic) bond motifs is 1. The van der Waals surface area contributed by atoms with Gasteiger partial charge in [-0.2, -0.15) is 5.10 Å². The first-order valence-electron chi connectivity index (χ1n) is 7.98. The van der Waals surface area contributed by atoms with Gasteiger partial charge >= 0.3 is 0 Å². The van der Waals surface area contributed by atoms with Gasteiger partial charge in [0.1, 0.15) is 5.82 Å². The Bertz CT molecular complexity index is 961. The standard InChI is InChI=1S/C18H19ClFN3O/c1-4-12(11-6-7-15(20)14(19)10-11)17-13-8-9-23(5-2)18(24)16(13)21-22(17)3/h6-10,12H,4-5H2,1-3H3. The minimum Gasteiger partial charge on any atom is -0.314 e. The minimum absolute atomic E-state index is 0.0185. The topological polar surface area (TPSA) is 39.8 Å². The third-order valence-electron chi connectivity index (χ3n) is 4.44. The molecule has 126 valence electrons. The fourth-order valence-electron chi connectivity index (χ4n) is 3.22. The molecule has 0 aliphatic rings. The Kier molecular flexibility index (Phi) is 4.45. The van der Waals surface area contributed by atoms with Crippen molar-refractivity contribution in [1.29, 1.82) is 0 Å². The van der Waals surface area contributed by atoms with Crippen LogP contribution in [0.3, 0.4) is 0 Å². The second-order valence-electron chi connectivity index (χ2n) is 5.81. The van der Waals surface area contributed by atoms with E-state index in [2.05, 4.69) is 5.10 Å². The highest BCUT2D eigenvalue weighted by Gasteiger charge is 2.22. The third kappa shape index (κ3) is 2.63. The van der Waals surface area contributed by atoms with Crippen molar-refractivity contribution < 1.29 is 4.39 Å². The van der Waals surface area contributed by atoms with Gasteiger partial charge in [0, 0.05) is 31.1 Å². The predicted octanol–water partition coefficient (Wildman–Crippen LogP) is 4.09. The van der Waals surface area contributed by atoms with Crippen LogP contribution in [0.15, 0.2) is 35.3 Å². The second-order valence-corrected chi connectivity index (χ2v) is 6.22. The predicted molar refractivity (Wildman–Crippen MR) is 94.2 cm³/mol. The van der Waals surface area contributed by atoms with E-state index in [-0.39, 0.29) is 16.5 Å². The van der Waals surface area contributed by atoms with Crippen LogP contribution in [0.4, 0.5) is 4.39 Å². The van der Waals surface area contributed by atoms with Crippen LogP contribution in [-0.4, -0.2) is 14.3 Å². The maximum Gasteiger partial charge on any atom is 0.278 e. The van der Waals surface area contributed by atoms with Crippen molar-refractivity contribution in [3.63, 3.8) is 0 Å². The van der Waals surface area contributed by atoms with Crippen LogP contribution in [0.1, 0.15) is 37.4 Å². The van der Waals surface area contributed by atoms with Crippen molar-refractivity contribution in [1.82, 2.24) is 14.3 Å². The van der Waals surface area contributed by atoms with Crippen molar-refractivity contribution in [2.75, 3.05) is 0 Å². The third-order valence-corrected chi connectivity index (χ3v) is 4.73. The Morgan fingerprint density at radius 1 is 1.29 bits per heavy atom. The van der Waals surface area contributed by atoms with Crippen LogP contribution < -0.4 is 5.56 Å². The molecule has 24 heavy (non-hydrogen) atoms. The molecule has 2 heterocycles. The molecule has 0 aliphatic carbocycles. The first kappa shape index (κ1) is 16.7. The molecule has 0 N–H and O–H groups in total. The molecule has 0 amide bonds. The largest absolute Gasteiger partial charge is 0.314 e. The summed E-state index contributed by atoms with van der Waals surface area (Å²) in [5.74, 6) is -0.453. The Labute approximate surface area is 144 Å². The fourth-order valence-corrected chi connectivity index (χ4v) is 3.41. The smallest absolute Gasteiger partial charge is 0.278 e. The van der Waals surface area contributed by atoms with E-state index in [4.69, 9.17) is 11.6 Å². The highest BCUT2D eigenvalue weighted by Crippen LogP contribution is 2.33. The molecule has 1 aromatic carbocycles. The molecular weight excluding hydrogens is 329 g/mol. The van der Waals surface area contributed by atoms with Gasteiger partial charge in [-0.3, -0.25) is 9.48 Å². The van der Waals surface area contributed by atoms with Gasteiger partial charge in [0.15, 0.2) is 5.52 Å². The number of aromatic nitrogens is 3. The summed E-state index contributed by atoms with van der Waals surface area (Å²) < 4.78 is 16.9. The number of pyridine rings is 1. The quantitative estimate of drug-likeness (QED) is 0.713. The van der Waals surface area contributed by atoms with Crippen molar-refractivity contribution in [2.24, 2.45) is 7.05 Å². The van der Waals surface area contributed by atoms with Gasteiger partial charge in [-0.05, 0) is 37.1 Å². The summed E-state index contributed by atoms with van der Waals surface area (Å²) in [7, 11) is 1.83. The molecule has 4 nitrogen and oxygen atoms in total. The van der Waals surface area contributed by atoms with Gasteiger partial charge in [0.25, 0.3) is 5.56 Å². The molecule has 0 saturated heterocycles. The van der Waals surface area contributed by atoms with Gasteiger partial charge in [0.2, 0.25) is 0 Å². The van der Waals surface area contributed by atoms with E-state index >= 15 is 0 Å². The zero-order valence-corrected chi connectivity index (χ0v) is 14.6. The van der Waals surface area contributed by atoms with Crippen LogP contribution in [0, 0.1) is 5.82 Å². The van der Waals surface area contributed by atoms with Crippen LogP contribution >= 0.6 is 11.6 Å². The lowest BCUT2D eigenvalue weighted by Gasteiger charge is -2.17. The fraction of sp³-hybridized carbons (Fsp3) is 0.333. The van der Waals surface area contributed by atoms with Crippen molar-refractivity contribution >= 4 is 22.5 Å². The molecule has 3 rings (SSSR count). The zero-order chi connectivity index (χ0) is 17.4. The first-order valence-corrected chi connectivity index (χ1v) is 8.36. The number of aryl methyl sites for hydroxylation is 2. The molecule has 0 bridgehead atoms. The molecule has 1 atom stereocenters. The number of hydrogen-bond acceptors (Lipinski definition) is 2. The first-order chi connectivity index (χ1) is 11.5. The lowest BCUT2D eigenvalue weighted by molar-refractivity contribution is 0.622. The maximum absolute atomic E-state index is 13.5. The molecule has 3 aromatic rings. The van der Waals surface area contributed by atoms with Crippen LogP contribution in [-0.2, 0) is 13.6 Å². The van der Waals surface area contributed by atoms with E-state index in [0.717, 1.165) is 23.1 Å². The Morgan fingerprint density at radius 3 is 2.67 bits per heavy atom. The average Bonchev–Trinajstić information content (AvgIpc) is 2.90. The molecular formula is C18H19ClFN3O. The van der Waals surface area contributed by atoms with Gasteiger partial charge in [-0.1, -0.05) is 24.6 Å². The van der Waals surface area contributed by atoms with Crippen LogP contribution in [0.2, 0.25) is 5.02 Å². The van der Waals surface area contributed by atoms with E-state index in [0.29, 0.717) is 12.1 Å². The van der Waals surface area contributed by atoms with Gasteiger partial charge in [0.05, 0.1) is 10.7 Å². The van der Waals surface area contributed by atoms with E-state index in [1.807, 2.05) is 27.0 Å². The summed E-state index contributed by atoms with van der Waals surface area (Å²) in [6.45, 7) is 4.58. The lowest BCUT2D eigenvalue weighted by atomic mass is 9.91. The van der Waals surface area contributed by atoms with Gasteiger partial charge < -0.3 is 4.57 Å². The van der Waals surface area contributed by atoms with Crippen LogP contribution in [0.5, 0.6) is 0 Å². The molecule has 0 fully saturated rings. The molecule has 2 aromatic heterocycles. The summed E-state index contributed by atoms with van der Waals surface area (Å²) in [6.07, 6.45) is 2.58. The second kappa shape index (κ2) is 6.40. The van der Waals surface area contributed by atoms with E-state index < -0.39 is 5.82 Å².